The second kappa shape index (κ2) is 10.4. The van der Waals surface area contributed by atoms with Gasteiger partial charge in [0.1, 0.15) is 6.04 Å². The van der Waals surface area contributed by atoms with Crippen LogP contribution in [0.2, 0.25) is 0 Å². The van der Waals surface area contributed by atoms with E-state index in [0.717, 1.165) is 5.56 Å². The standard InChI is InChI=1S/C22H30N4O4S/c1-18(2)21(17-23)24-9-11-25(12-10-24)22(27)8-5-19-3-6-20(7-4-19)31(28,29)26-13-15-30-16-14-26/h3-8,18,21H,9-16H2,1-2H3/b8-5+. The number of amides is 1. The molecule has 0 N–H and O–H groups in total. The maximum atomic E-state index is 12.7. The van der Waals surface area contributed by atoms with Crippen molar-refractivity contribution in [2.75, 3.05) is 52.5 Å². The van der Waals surface area contributed by atoms with Crippen LogP contribution in [0, 0.1) is 17.2 Å². The molecule has 0 radical (unpaired) electrons. The Morgan fingerprint density at radius 3 is 2.23 bits per heavy atom. The summed E-state index contributed by atoms with van der Waals surface area (Å²) >= 11 is 0. The second-order valence-corrected chi connectivity index (χ2v) is 10.0. The molecule has 3 rings (SSSR count). The molecule has 2 saturated heterocycles. The van der Waals surface area contributed by atoms with E-state index in [9.17, 15) is 18.5 Å². The Hall–Kier alpha value is -2.25. The molecule has 2 aliphatic rings. The normalized spacial score (nSPS) is 20.1. The quantitative estimate of drug-likeness (QED) is 0.614. The number of nitrogens with zero attached hydrogens (tertiary/aromatic N) is 4. The molecule has 8 nitrogen and oxygen atoms in total. The minimum Gasteiger partial charge on any atom is -0.379 e. The highest BCUT2D eigenvalue weighted by Gasteiger charge is 2.27. The van der Waals surface area contributed by atoms with Gasteiger partial charge in [0.2, 0.25) is 15.9 Å². The van der Waals surface area contributed by atoms with Crippen molar-refractivity contribution in [3.63, 3.8) is 0 Å². The van der Waals surface area contributed by atoms with E-state index < -0.39 is 10.0 Å². The highest BCUT2D eigenvalue weighted by atomic mass is 32.2. The molecule has 2 aliphatic heterocycles. The van der Waals surface area contributed by atoms with Crippen molar-refractivity contribution in [3.8, 4) is 6.07 Å². The number of ether oxygens (including phenoxy) is 1. The van der Waals surface area contributed by atoms with E-state index in [0.29, 0.717) is 52.5 Å². The fourth-order valence-corrected chi connectivity index (χ4v) is 5.24. The first-order chi connectivity index (χ1) is 14.8. The number of carbonyl (C=O) groups excluding carboxylic acids is 1. The third kappa shape index (κ3) is 5.71. The van der Waals surface area contributed by atoms with Crippen LogP contribution in [-0.4, -0.2) is 87.0 Å². The van der Waals surface area contributed by atoms with Gasteiger partial charge >= 0.3 is 0 Å². The van der Waals surface area contributed by atoms with E-state index in [2.05, 4.69) is 11.0 Å². The van der Waals surface area contributed by atoms with Crippen LogP contribution >= 0.6 is 0 Å². The molecule has 0 spiro atoms. The molecule has 168 valence electrons. The van der Waals surface area contributed by atoms with Crippen molar-refractivity contribution in [2.24, 2.45) is 5.92 Å². The molecule has 0 aliphatic carbocycles. The highest BCUT2D eigenvalue weighted by Crippen LogP contribution is 2.18. The van der Waals surface area contributed by atoms with Gasteiger partial charge in [0, 0.05) is 45.3 Å². The maximum absolute atomic E-state index is 12.7. The van der Waals surface area contributed by atoms with Crippen LogP contribution in [0.1, 0.15) is 19.4 Å². The average Bonchev–Trinajstić information content (AvgIpc) is 2.79. The average molecular weight is 447 g/mol. The number of benzene rings is 1. The number of hydrogen-bond acceptors (Lipinski definition) is 6. The summed E-state index contributed by atoms with van der Waals surface area (Å²) in [5, 5.41) is 9.35. The monoisotopic (exact) mass is 446 g/mol. The first kappa shape index (κ1) is 23.4. The van der Waals surface area contributed by atoms with Gasteiger partial charge in [-0.25, -0.2) is 8.42 Å². The maximum Gasteiger partial charge on any atom is 0.246 e. The van der Waals surface area contributed by atoms with Gasteiger partial charge in [0.25, 0.3) is 0 Å². The molecule has 0 saturated carbocycles. The van der Waals surface area contributed by atoms with Crippen molar-refractivity contribution < 1.29 is 17.9 Å². The summed E-state index contributed by atoms with van der Waals surface area (Å²) in [5.41, 5.74) is 0.761. The molecule has 0 aromatic heterocycles. The summed E-state index contributed by atoms with van der Waals surface area (Å²) in [4.78, 5) is 16.7. The number of sulfonamides is 1. The van der Waals surface area contributed by atoms with Crippen molar-refractivity contribution in [1.82, 2.24) is 14.1 Å². The first-order valence-corrected chi connectivity index (χ1v) is 12.1. The van der Waals surface area contributed by atoms with Gasteiger partial charge in [0.15, 0.2) is 0 Å². The summed E-state index contributed by atoms with van der Waals surface area (Å²) in [6, 6.07) is 8.78. The molecule has 2 fully saturated rings. The lowest BCUT2D eigenvalue weighted by molar-refractivity contribution is -0.127. The molecule has 1 aromatic rings. The van der Waals surface area contributed by atoms with Crippen LogP contribution in [0.15, 0.2) is 35.2 Å². The van der Waals surface area contributed by atoms with Gasteiger partial charge < -0.3 is 9.64 Å². The fraction of sp³-hybridized carbons (Fsp3) is 0.545. The smallest absolute Gasteiger partial charge is 0.246 e. The Morgan fingerprint density at radius 1 is 1.06 bits per heavy atom. The Bertz CT molecular complexity index is 923. The van der Waals surface area contributed by atoms with Crippen LogP contribution in [0.3, 0.4) is 0 Å². The topological polar surface area (TPSA) is 93.9 Å². The Morgan fingerprint density at radius 2 is 1.68 bits per heavy atom. The molecule has 1 atom stereocenters. The van der Waals surface area contributed by atoms with Crippen molar-refractivity contribution in [3.05, 3.63) is 35.9 Å². The molecule has 1 aromatic carbocycles. The molecular formula is C22H30N4O4S. The summed E-state index contributed by atoms with van der Waals surface area (Å²) in [5.74, 6) is 0.171. The Labute approximate surface area is 184 Å². The van der Waals surface area contributed by atoms with Crippen molar-refractivity contribution in [1.29, 1.82) is 5.26 Å². The van der Waals surface area contributed by atoms with Crippen LogP contribution in [0.25, 0.3) is 6.08 Å². The zero-order chi connectivity index (χ0) is 22.4. The van der Waals surface area contributed by atoms with E-state index in [4.69, 9.17) is 4.74 Å². The molecule has 1 amide bonds. The van der Waals surface area contributed by atoms with Crippen LogP contribution in [-0.2, 0) is 19.6 Å². The minimum absolute atomic E-state index is 0.0808. The minimum atomic E-state index is -3.52. The lowest BCUT2D eigenvalue weighted by atomic mass is 10.0. The number of morpholine rings is 1. The zero-order valence-corrected chi connectivity index (χ0v) is 18.9. The van der Waals surface area contributed by atoms with Crippen LogP contribution in [0.5, 0.6) is 0 Å². The lowest BCUT2D eigenvalue weighted by Gasteiger charge is -2.37. The van der Waals surface area contributed by atoms with E-state index >= 15 is 0 Å². The third-order valence-electron chi connectivity index (χ3n) is 5.69. The SMILES string of the molecule is CC(C)C(C#N)N1CCN(C(=O)/C=C/c2ccc(S(=O)(=O)N3CCOCC3)cc2)CC1. The Kier molecular flexibility index (Phi) is 7.84. The van der Waals surface area contributed by atoms with E-state index in [-0.39, 0.29) is 22.8 Å². The number of piperazine rings is 1. The fourth-order valence-electron chi connectivity index (χ4n) is 3.83. The zero-order valence-electron chi connectivity index (χ0n) is 18.1. The number of nitriles is 1. The summed E-state index contributed by atoms with van der Waals surface area (Å²) in [6.07, 6.45) is 3.22. The van der Waals surface area contributed by atoms with E-state index in [1.165, 1.54) is 10.4 Å². The second-order valence-electron chi connectivity index (χ2n) is 8.10. The van der Waals surface area contributed by atoms with Gasteiger partial charge in [-0.15, -0.1) is 0 Å². The molecule has 2 heterocycles. The van der Waals surface area contributed by atoms with Crippen molar-refractivity contribution >= 4 is 22.0 Å². The highest BCUT2D eigenvalue weighted by molar-refractivity contribution is 7.89. The molecule has 0 bridgehead atoms. The number of rotatable bonds is 6. The number of carbonyl (C=O) groups is 1. The van der Waals surface area contributed by atoms with Gasteiger partial charge in [-0.2, -0.15) is 9.57 Å². The molecule has 1 unspecified atom stereocenters. The molecular weight excluding hydrogens is 416 g/mol. The summed E-state index contributed by atoms with van der Waals surface area (Å²) in [7, 11) is -3.52. The van der Waals surface area contributed by atoms with Crippen molar-refractivity contribution in [2.45, 2.75) is 24.8 Å². The first-order valence-electron chi connectivity index (χ1n) is 10.6. The van der Waals surface area contributed by atoms with E-state index in [1.807, 2.05) is 13.8 Å². The van der Waals surface area contributed by atoms with Crippen LogP contribution < -0.4 is 0 Å². The van der Waals surface area contributed by atoms with Crippen LogP contribution in [0.4, 0.5) is 0 Å². The third-order valence-corrected chi connectivity index (χ3v) is 7.60. The predicted molar refractivity (Wildman–Crippen MR) is 117 cm³/mol. The largest absolute Gasteiger partial charge is 0.379 e. The van der Waals surface area contributed by atoms with Gasteiger partial charge in [-0.3, -0.25) is 9.69 Å². The lowest BCUT2D eigenvalue weighted by Crippen LogP contribution is -2.52. The van der Waals surface area contributed by atoms with Gasteiger partial charge in [-0.05, 0) is 29.7 Å². The van der Waals surface area contributed by atoms with E-state index in [1.54, 1.807) is 35.2 Å². The summed E-state index contributed by atoms with van der Waals surface area (Å²) < 4.78 is 32.0. The van der Waals surface area contributed by atoms with Gasteiger partial charge in [-0.1, -0.05) is 26.0 Å². The molecule has 31 heavy (non-hydrogen) atoms. The van der Waals surface area contributed by atoms with Gasteiger partial charge in [0.05, 0.1) is 24.2 Å². The molecule has 9 heteroatoms. The summed E-state index contributed by atoms with van der Waals surface area (Å²) in [6.45, 7) is 8.15. The predicted octanol–water partition coefficient (Wildman–Crippen LogP) is 1.41. The number of hydrogen-bond donors (Lipinski definition) is 0. The Balaban J connectivity index is 1.56.